The fourth-order valence-electron chi connectivity index (χ4n) is 8.42. The number of fused-ring (bicyclic) bond motifs is 5. The highest BCUT2D eigenvalue weighted by atomic mass is 16.1. The smallest absolute Gasteiger partial charge is 0.137 e. The van der Waals surface area contributed by atoms with Gasteiger partial charge in [0.25, 0.3) is 0 Å². The molecule has 0 aromatic carbocycles. The van der Waals surface area contributed by atoms with Gasteiger partial charge in [0, 0.05) is 12.3 Å². The predicted octanol–water partition coefficient (Wildman–Crippen LogP) is 6.84. The molecule has 0 aromatic heterocycles. The van der Waals surface area contributed by atoms with E-state index in [0.717, 1.165) is 18.3 Å². The topological polar surface area (TPSA) is 17.1 Å². The van der Waals surface area contributed by atoms with Crippen LogP contribution in [-0.4, -0.2) is 5.78 Å². The Balaban J connectivity index is 1.72. The highest BCUT2D eigenvalue weighted by Gasteiger charge is 2.62. The van der Waals surface area contributed by atoms with E-state index in [1.165, 1.54) is 32.1 Å². The Morgan fingerprint density at radius 3 is 2.52 bits per heavy atom. The quantitative estimate of drug-likeness (QED) is 0.488. The van der Waals surface area contributed by atoms with Gasteiger partial charge in [0.15, 0.2) is 0 Å². The SMILES string of the molecule is C=C[C@@H](C)C1C(=O)C[C@H]2[C@@H]3CC=C4C(C)(C)[C@@H](C)CC[C@]4(C)[C@H]3CC[C@]12C. The Morgan fingerprint density at radius 1 is 1.15 bits per heavy atom. The molecule has 0 spiro atoms. The fraction of sp³-hybridized carbons (Fsp3) is 0.808. The summed E-state index contributed by atoms with van der Waals surface area (Å²) in [6.07, 6.45) is 11.9. The molecule has 8 atom stereocenters. The molecule has 0 aromatic rings. The Hall–Kier alpha value is -0.850. The van der Waals surface area contributed by atoms with Crippen LogP contribution in [0.15, 0.2) is 24.3 Å². The van der Waals surface area contributed by atoms with E-state index >= 15 is 0 Å². The number of Topliss-reactive ketones (excluding diaryl/α,β-unsaturated/α-hetero) is 1. The summed E-state index contributed by atoms with van der Waals surface area (Å²) in [5.41, 5.74) is 2.61. The van der Waals surface area contributed by atoms with E-state index in [-0.39, 0.29) is 11.3 Å². The van der Waals surface area contributed by atoms with Gasteiger partial charge < -0.3 is 0 Å². The lowest BCUT2D eigenvalue weighted by molar-refractivity contribution is -0.123. The van der Waals surface area contributed by atoms with Crippen LogP contribution in [0.5, 0.6) is 0 Å². The maximum absolute atomic E-state index is 13.1. The molecule has 150 valence electrons. The van der Waals surface area contributed by atoms with Crippen LogP contribution in [0.3, 0.4) is 0 Å². The van der Waals surface area contributed by atoms with E-state index < -0.39 is 0 Å². The van der Waals surface area contributed by atoms with E-state index in [9.17, 15) is 4.79 Å². The van der Waals surface area contributed by atoms with Crippen molar-refractivity contribution in [1.82, 2.24) is 0 Å². The van der Waals surface area contributed by atoms with Crippen molar-refractivity contribution in [3.05, 3.63) is 24.3 Å². The maximum atomic E-state index is 13.1. The number of carbonyl (C=O) groups excluding carboxylic acids is 1. The van der Waals surface area contributed by atoms with Gasteiger partial charge in [-0.15, -0.1) is 6.58 Å². The van der Waals surface area contributed by atoms with E-state index in [1.54, 1.807) is 5.57 Å². The van der Waals surface area contributed by atoms with Gasteiger partial charge in [0.05, 0.1) is 0 Å². The Kier molecular flexibility index (Phi) is 4.38. The second-order valence-electron chi connectivity index (χ2n) is 11.6. The van der Waals surface area contributed by atoms with Crippen molar-refractivity contribution < 1.29 is 4.79 Å². The Bertz CT molecular complexity index is 684. The number of hydrogen-bond acceptors (Lipinski definition) is 1. The molecule has 4 aliphatic carbocycles. The third-order valence-corrected chi connectivity index (χ3v) is 10.3. The van der Waals surface area contributed by atoms with Crippen LogP contribution in [0, 0.1) is 51.8 Å². The molecular formula is C26H40O. The third-order valence-electron chi connectivity index (χ3n) is 10.3. The molecule has 3 saturated carbocycles. The molecule has 1 unspecified atom stereocenters. The molecule has 0 bridgehead atoms. The van der Waals surface area contributed by atoms with Crippen LogP contribution in [-0.2, 0) is 4.79 Å². The van der Waals surface area contributed by atoms with Gasteiger partial charge in [-0.05, 0) is 77.9 Å². The summed E-state index contributed by atoms with van der Waals surface area (Å²) in [6, 6.07) is 0. The predicted molar refractivity (Wildman–Crippen MR) is 113 cm³/mol. The highest BCUT2D eigenvalue weighted by Crippen LogP contribution is 2.68. The van der Waals surface area contributed by atoms with Crippen molar-refractivity contribution in [2.75, 3.05) is 0 Å². The maximum Gasteiger partial charge on any atom is 0.137 e. The minimum absolute atomic E-state index is 0.186. The number of ketones is 1. The number of carbonyl (C=O) groups is 1. The molecule has 3 fully saturated rings. The fourth-order valence-corrected chi connectivity index (χ4v) is 8.42. The summed E-state index contributed by atoms with van der Waals surface area (Å²) < 4.78 is 0. The van der Waals surface area contributed by atoms with Crippen molar-refractivity contribution in [3.63, 3.8) is 0 Å². The molecule has 1 nitrogen and oxygen atoms in total. The van der Waals surface area contributed by atoms with Crippen LogP contribution in [0.25, 0.3) is 0 Å². The van der Waals surface area contributed by atoms with Gasteiger partial charge in [0.1, 0.15) is 5.78 Å². The van der Waals surface area contributed by atoms with Crippen molar-refractivity contribution in [1.29, 1.82) is 0 Å². The first kappa shape index (κ1) is 19.5. The summed E-state index contributed by atoms with van der Waals surface area (Å²) in [7, 11) is 0. The van der Waals surface area contributed by atoms with Gasteiger partial charge in [-0.1, -0.05) is 59.3 Å². The van der Waals surface area contributed by atoms with E-state index in [1.807, 2.05) is 6.08 Å². The molecule has 0 radical (unpaired) electrons. The summed E-state index contributed by atoms with van der Waals surface area (Å²) >= 11 is 0. The molecule has 0 aliphatic heterocycles. The first-order chi connectivity index (χ1) is 12.6. The molecule has 27 heavy (non-hydrogen) atoms. The third kappa shape index (κ3) is 2.45. The van der Waals surface area contributed by atoms with Gasteiger partial charge in [-0.25, -0.2) is 0 Å². The van der Waals surface area contributed by atoms with Gasteiger partial charge in [-0.3, -0.25) is 4.79 Å². The molecule has 0 N–H and O–H groups in total. The lowest BCUT2D eigenvalue weighted by Crippen LogP contribution is -2.53. The van der Waals surface area contributed by atoms with Crippen LogP contribution >= 0.6 is 0 Å². The second-order valence-corrected chi connectivity index (χ2v) is 11.6. The summed E-state index contributed by atoms with van der Waals surface area (Å²) in [5, 5.41) is 0. The lowest BCUT2D eigenvalue weighted by Gasteiger charge is -2.61. The van der Waals surface area contributed by atoms with Crippen molar-refractivity contribution >= 4 is 5.78 Å². The number of rotatable bonds is 2. The first-order valence-corrected chi connectivity index (χ1v) is 11.4. The normalized spacial score (nSPS) is 49.5. The standard InChI is InChI=1S/C26H40O/c1-8-16(2)23-21(27)15-20-18-9-10-22-24(4,5)17(3)11-13-25(22,6)19(18)12-14-26(20,23)7/h8,10,16-20,23H,1,9,11-15H2,2-7H3/t16-,17+,18-,19+,20+,23?,25-,26+/m1/s1. The molecule has 0 saturated heterocycles. The van der Waals surface area contributed by atoms with Gasteiger partial charge in [-0.2, -0.15) is 0 Å². The molecule has 4 aliphatic rings. The molecule has 0 heterocycles. The monoisotopic (exact) mass is 368 g/mol. The Morgan fingerprint density at radius 2 is 1.85 bits per heavy atom. The van der Waals surface area contributed by atoms with Crippen molar-refractivity contribution in [3.8, 4) is 0 Å². The zero-order chi connectivity index (χ0) is 19.8. The average molecular weight is 369 g/mol. The van der Waals surface area contributed by atoms with Crippen molar-refractivity contribution in [2.24, 2.45) is 51.8 Å². The molecule has 0 amide bonds. The summed E-state index contributed by atoms with van der Waals surface area (Å²) in [6.45, 7) is 18.7. The Labute approximate surface area is 167 Å². The second kappa shape index (κ2) is 6.07. The number of allylic oxidation sites excluding steroid dienone is 3. The average Bonchev–Trinajstić information content (AvgIpc) is 2.88. The van der Waals surface area contributed by atoms with Crippen molar-refractivity contribution in [2.45, 2.75) is 80.1 Å². The summed E-state index contributed by atoms with van der Waals surface area (Å²) in [5.74, 6) is 3.85. The zero-order valence-corrected chi connectivity index (χ0v) is 18.5. The highest BCUT2D eigenvalue weighted by molar-refractivity contribution is 5.85. The van der Waals surface area contributed by atoms with Crippen LogP contribution in [0.1, 0.15) is 80.1 Å². The van der Waals surface area contributed by atoms with E-state index in [2.05, 4.69) is 54.2 Å². The summed E-state index contributed by atoms with van der Waals surface area (Å²) in [4.78, 5) is 13.1. The molecule has 4 rings (SSSR count). The lowest BCUT2D eigenvalue weighted by atomic mass is 9.43. The minimum Gasteiger partial charge on any atom is -0.299 e. The molecule has 1 heteroatoms. The van der Waals surface area contributed by atoms with Gasteiger partial charge >= 0.3 is 0 Å². The van der Waals surface area contributed by atoms with Crippen LogP contribution in [0.4, 0.5) is 0 Å². The number of hydrogen-bond donors (Lipinski definition) is 0. The van der Waals surface area contributed by atoms with E-state index in [0.29, 0.717) is 34.4 Å². The van der Waals surface area contributed by atoms with Gasteiger partial charge in [0.2, 0.25) is 0 Å². The van der Waals surface area contributed by atoms with E-state index in [4.69, 9.17) is 0 Å². The van der Waals surface area contributed by atoms with Crippen LogP contribution < -0.4 is 0 Å². The zero-order valence-electron chi connectivity index (χ0n) is 18.5. The largest absolute Gasteiger partial charge is 0.299 e. The van der Waals surface area contributed by atoms with Crippen LogP contribution in [0.2, 0.25) is 0 Å². The molecular weight excluding hydrogens is 328 g/mol. The first-order valence-electron chi connectivity index (χ1n) is 11.4. The minimum atomic E-state index is 0.186.